The van der Waals surface area contributed by atoms with Crippen molar-refractivity contribution >= 4 is 57.2 Å². The zero-order chi connectivity index (χ0) is 19.2. The van der Waals surface area contributed by atoms with Crippen LogP contribution in [0.15, 0.2) is 0 Å². The van der Waals surface area contributed by atoms with E-state index in [0.29, 0.717) is 36.1 Å². The molecule has 8 heteroatoms. The SMILES string of the molecule is NC(=S)CC(=O)CC1CCCC1.NC(N)=S.O=C(Cl)CC1CCCC1. The molecular weight excluding hydrogens is 378 g/mol. The predicted octanol–water partition coefficient (Wildman–Crippen LogP) is 3.33. The Morgan fingerprint density at radius 3 is 1.52 bits per heavy atom. The van der Waals surface area contributed by atoms with Gasteiger partial charge in [0, 0.05) is 12.8 Å². The number of hydrogen-bond donors (Lipinski definition) is 3. The third kappa shape index (κ3) is 16.4. The van der Waals surface area contributed by atoms with E-state index in [2.05, 4.69) is 35.9 Å². The monoisotopic (exact) mass is 407 g/mol. The molecule has 2 aliphatic carbocycles. The van der Waals surface area contributed by atoms with Crippen molar-refractivity contribution in [1.29, 1.82) is 0 Å². The van der Waals surface area contributed by atoms with E-state index in [9.17, 15) is 9.59 Å². The van der Waals surface area contributed by atoms with Crippen LogP contribution in [0, 0.1) is 11.8 Å². The molecule has 0 aromatic heterocycles. The van der Waals surface area contributed by atoms with Gasteiger partial charge in [-0.15, -0.1) is 0 Å². The Morgan fingerprint density at radius 2 is 1.20 bits per heavy atom. The number of nitrogens with two attached hydrogens (primary N) is 3. The highest BCUT2D eigenvalue weighted by atomic mass is 35.5. The van der Waals surface area contributed by atoms with Crippen LogP contribution < -0.4 is 17.2 Å². The topological polar surface area (TPSA) is 112 Å². The van der Waals surface area contributed by atoms with E-state index in [1.807, 2.05) is 0 Å². The van der Waals surface area contributed by atoms with Crippen LogP contribution in [0.2, 0.25) is 0 Å². The van der Waals surface area contributed by atoms with Crippen molar-refractivity contribution in [3.05, 3.63) is 0 Å². The zero-order valence-electron chi connectivity index (χ0n) is 14.7. The quantitative estimate of drug-likeness (QED) is 0.457. The number of halogens is 1. The first kappa shape index (κ1) is 24.2. The van der Waals surface area contributed by atoms with E-state index in [-0.39, 0.29) is 16.1 Å². The molecule has 2 aliphatic rings. The van der Waals surface area contributed by atoms with Crippen molar-refractivity contribution < 1.29 is 9.59 Å². The fourth-order valence-corrected chi connectivity index (χ4v) is 3.62. The molecule has 2 rings (SSSR count). The zero-order valence-corrected chi connectivity index (χ0v) is 17.1. The Hall–Kier alpha value is -0.790. The molecule has 0 radical (unpaired) electrons. The molecule has 6 N–H and O–H groups in total. The average molecular weight is 408 g/mol. The lowest BCUT2D eigenvalue weighted by molar-refractivity contribution is -0.118. The molecule has 0 heterocycles. The van der Waals surface area contributed by atoms with Gasteiger partial charge in [-0.2, -0.15) is 0 Å². The van der Waals surface area contributed by atoms with Crippen LogP contribution in [-0.4, -0.2) is 21.1 Å². The molecule has 0 spiro atoms. The number of hydrogen-bond acceptors (Lipinski definition) is 4. The van der Waals surface area contributed by atoms with Crippen LogP contribution in [0.1, 0.15) is 70.6 Å². The molecule has 0 aromatic rings. The summed E-state index contributed by atoms with van der Waals surface area (Å²) < 4.78 is 0. The number of carbonyl (C=O) groups is 2. The highest BCUT2D eigenvalue weighted by Gasteiger charge is 2.18. The first-order valence-electron chi connectivity index (χ1n) is 8.74. The first-order valence-corrected chi connectivity index (χ1v) is 9.93. The number of thiocarbonyl (C=S) groups is 2. The Morgan fingerprint density at radius 1 is 0.840 bits per heavy atom. The maximum absolute atomic E-state index is 11.2. The Bertz CT molecular complexity index is 445. The van der Waals surface area contributed by atoms with E-state index in [0.717, 1.165) is 0 Å². The molecule has 0 unspecified atom stereocenters. The summed E-state index contributed by atoms with van der Waals surface area (Å²) in [6.07, 6.45) is 11.6. The molecule has 144 valence electrons. The second kappa shape index (κ2) is 14.4. The first-order chi connectivity index (χ1) is 11.7. The Kier molecular flexibility index (Phi) is 13.9. The minimum atomic E-state index is -0.165. The van der Waals surface area contributed by atoms with E-state index < -0.39 is 0 Å². The fourth-order valence-electron chi connectivity index (χ4n) is 3.24. The van der Waals surface area contributed by atoms with Gasteiger partial charge in [-0.1, -0.05) is 50.7 Å². The number of Topliss-reactive ketones (excluding diaryl/α,β-unsaturated/α-hetero) is 1. The van der Waals surface area contributed by atoms with Crippen LogP contribution in [0.5, 0.6) is 0 Å². The van der Waals surface area contributed by atoms with Gasteiger partial charge in [-0.3, -0.25) is 9.59 Å². The molecule has 0 bridgehead atoms. The van der Waals surface area contributed by atoms with Gasteiger partial charge in [-0.05, 0) is 48.5 Å². The standard InChI is InChI=1S/C9H15NOS.C7H11ClO.CH4N2S/c10-9(12)6-8(11)5-7-3-1-2-4-7;8-7(9)5-6-3-1-2-4-6;2-1(3)4/h7H,1-6H2,(H2,10,12);6H,1-5H2;(H4,2,3,4). The van der Waals surface area contributed by atoms with Crippen LogP contribution in [0.3, 0.4) is 0 Å². The predicted molar refractivity (Wildman–Crippen MR) is 111 cm³/mol. The van der Waals surface area contributed by atoms with Gasteiger partial charge in [0.05, 0.1) is 11.4 Å². The molecule has 5 nitrogen and oxygen atoms in total. The molecule has 2 fully saturated rings. The molecule has 25 heavy (non-hydrogen) atoms. The van der Waals surface area contributed by atoms with E-state index in [1.54, 1.807) is 0 Å². The van der Waals surface area contributed by atoms with Gasteiger partial charge in [0.1, 0.15) is 5.78 Å². The normalized spacial score (nSPS) is 17.0. The molecule has 2 saturated carbocycles. The highest BCUT2D eigenvalue weighted by Crippen LogP contribution is 2.28. The van der Waals surface area contributed by atoms with Crippen molar-refractivity contribution in [3.8, 4) is 0 Å². The summed E-state index contributed by atoms with van der Waals surface area (Å²) in [5.74, 6) is 1.44. The van der Waals surface area contributed by atoms with Gasteiger partial charge in [-0.25, -0.2) is 0 Å². The summed E-state index contributed by atoms with van der Waals surface area (Å²) in [7, 11) is 0. The number of ketones is 1. The molecule has 0 aromatic carbocycles. The Balaban J connectivity index is 0.000000391. The molecule has 0 atom stereocenters. The number of carbonyl (C=O) groups excluding carboxylic acids is 2. The lowest BCUT2D eigenvalue weighted by Crippen LogP contribution is -2.18. The third-order valence-electron chi connectivity index (χ3n) is 4.29. The maximum Gasteiger partial charge on any atom is 0.221 e. The smallest absolute Gasteiger partial charge is 0.221 e. The lowest BCUT2D eigenvalue weighted by atomic mass is 10.00. The van der Waals surface area contributed by atoms with Crippen LogP contribution >= 0.6 is 36.0 Å². The summed E-state index contributed by atoms with van der Waals surface area (Å²) in [6, 6.07) is 0. The lowest BCUT2D eigenvalue weighted by Gasteiger charge is -2.06. The third-order valence-corrected chi connectivity index (χ3v) is 4.59. The van der Waals surface area contributed by atoms with Crippen LogP contribution in [-0.2, 0) is 9.59 Å². The van der Waals surface area contributed by atoms with E-state index in [4.69, 9.17) is 17.3 Å². The van der Waals surface area contributed by atoms with E-state index >= 15 is 0 Å². The van der Waals surface area contributed by atoms with Crippen molar-refractivity contribution in [2.24, 2.45) is 29.0 Å². The van der Waals surface area contributed by atoms with Crippen molar-refractivity contribution in [2.75, 3.05) is 0 Å². The van der Waals surface area contributed by atoms with Crippen LogP contribution in [0.25, 0.3) is 0 Å². The summed E-state index contributed by atoms with van der Waals surface area (Å²) in [5.41, 5.74) is 14.5. The van der Waals surface area contributed by atoms with Gasteiger partial charge in [0.2, 0.25) is 5.24 Å². The van der Waals surface area contributed by atoms with Gasteiger partial charge >= 0.3 is 0 Å². The Labute approximate surface area is 166 Å². The summed E-state index contributed by atoms with van der Waals surface area (Å²) >= 11 is 14.0. The summed E-state index contributed by atoms with van der Waals surface area (Å²) in [4.78, 5) is 21.9. The van der Waals surface area contributed by atoms with Gasteiger partial charge in [0.15, 0.2) is 5.11 Å². The molecule has 0 amide bonds. The minimum Gasteiger partial charge on any atom is -0.393 e. The van der Waals surface area contributed by atoms with Crippen molar-refractivity contribution in [2.45, 2.75) is 70.6 Å². The van der Waals surface area contributed by atoms with Crippen LogP contribution in [0.4, 0.5) is 0 Å². The van der Waals surface area contributed by atoms with Crippen molar-refractivity contribution in [1.82, 2.24) is 0 Å². The summed E-state index contributed by atoms with van der Waals surface area (Å²) in [6.45, 7) is 0. The van der Waals surface area contributed by atoms with Gasteiger partial charge in [0.25, 0.3) is 0 Å². The fraction of sp³-hybridized carbons (Fsp3) is 0.765. The number of rotatable bonds is 6. The molecular formula is C17H30ClN3O2S2. The second-order valence-electron chi connectivity index (χ2n) is 6.65. The largest absolute Gasteiger partial charge is 0.393 e. The maximum atomic E-state index is 11.2. The van der Waals surface area contributed by atoms with Crippen molar-refractivity contribution in [3.63, 3.8) is 0 Å². The second-order valence-corrected chi connectivity index (χ2v) is 8.07. The van der Waals surface area contributed by atoms with E-state index in [1.165, 1.54) is 51.4 Å². The minimum absolute atomic E-state index is 0.000000000000000222. The average Bonchev–Trinajstić information content (AvgIpc) is 3.10. The molecule has 0 saturated heterocycles. The molecule has 0 aliphatic heterocycles. The van der Waals surface area contributed by atoms with Gasteiger partial charge < -0.3 is 17.2 Å². The summed E-state index contributed by atoms with van der Waals surface area (Å²) in [5, 5.41) is -0.165. The highest BCUT2D eigenvalue weighted by molar-refractivity contribution is 7.80.